The number of hydrogen-bond acceptors (Lipinski definition) is 3. The third kappa shape index (κ3) is 3.71. The third-order valence-electron chi connectivity index (χ3n) is 4.42. The van der Waals surface area contributed by atoms with E-state index >= 15 is 0 Å². The number of rotatable bonds is 6. The van der Waals surface area contributed by atoms with Crippen LogP contribution in [0.5, 0.6) is 5.75 Å². The number of hydrogen-bond donors (Lipinski definition) is 2. The summed E-state index contributed by atoms with van der Waals surface area (Å²) in [6.07, 6.45) is 4.36. The summed E-state index contributed by atoms with van der Waals surface area (Å²) in [5, 5.41) is 12.2. The van der Waals surface area contributed by atoms with Crippen LogP contribution in [0.3, 0.4) is 0 Å². The Morgan fingerprint density at radius 2 is 2.14 bits per heavy atom. The molecule has 2 amide bonds. The molecule has 0 spiro atoms. The first-order valence-electron chi connectivity index (χ1n) is 8.14. The quantitative estimate of drug-likeness (QED) is 0.846. The number of carbonyl (C=O) groups excluding carboxylic acids is 1. The van der Waals surface area contributed by atoms with E-state index in [1.54, 1.807) is 4.90 Å². The minimum Gasteiger partial charge on any atom is -0.493 e. The van der Waals surface area contributed by atoms with Gasteiger partial charge in [0, 0.05) is 18.7 Å². The van der Waals surface area contributed by atoms with Gasteiger partial charge in [0.15, 0.2) is 0 Å². The first kappa shape index (κ1) is 15.2. The van der Waals surface area contributed by atoms with Crippen molar-refractivity contribution in [2.75, 3.05) is 19.8 Å². The molecular weight excluding hydrogens is 280 g/mol. The number of benzene rings is 1. The highest BCUT2D eigenvalue weighted by molar-refractivity contribution is 5.75. The van der Waals surface area contributed by atoms with Crippen molar-refractivity contribution in [1.82, 2.24) is 10.2 Å². The second-order valence-electron chi connectivity index (χ2n) is 6.19. The van der Waals surface area contributed by atoms with Crippen molar-refractivity contribution in [3.63, 3.8) is 0 Å². The Bertz CT molecular complexity index is 516. The molecule has 1 saturated heterocycles. The summed E-state index contributed by atoms with van der Waals surface area (Å²) in [5.74, 6) is 1.56. The van der Waals surface area contributed by atoms with E-state index in [1.807, 2.05) is 24.3 Å². The zero-order valence-corrected chi connectivity index (χ0v) is 12.8. The molecule has 120 valence electrons. The van der Waals surface area contributed by atoms with Gasteiger partial charge in [-0.05, 0) is 37.7 Å². The van der Waals surface area contributed by atoms with Gasteiger partial charge in [0.2, 0.25) is 0 Å². The van der Waals surface area contributed by atoms with E-state index in [4.69, 9.17) is 4.74 Å². The first-order chi connectivity index (χ1) is 10.8. The van der Waals surface area contributed by atoms with Crippen LogP contribution in [0, 0.1) is 5.92 Å². The number of ether oxygens (including phenoxy) is 1. The van der Waals surface area contributed by atoms with E-state index in [2.05, 4.69) is 5.32 Å². The molecule has 5 nitrogen and oxygen atoms in total. The summed E-state index contributed by atoms with van der Waals surface area (Å²) in [4.78, 5) is 14.0. The Balaban J connectivity index is 1.55. The second kappa shape index (κ2) is 7.01. The predicted octanol–water partition coefficient (Wildman–Crippen LogP) is 2.14. The van der Waals surface area contributed by atoms with Gasteiger partial charge in [0.05, 0.1) is 19.3 Å². The molecule has 0 bridgehead atoms. The number of carbonyl (C=O) groups is 1. The zero-order valence-electron chi connectivity index (χ0n) is 12.8. The molecule has 0 aromatic heterocycles. The van der Waals surface area contributed by atoms with Gasteiger partial charge in [0.1, 0.15) is 5.75 Å². The van der Waals surface area contributed by atoms with Crippen LogP contribution in [-0.2, 0) is 6.54 Å². The predicted molar refractivity (Wildman–Crippen MR) is 83.7 cm³/mol. The number of amides is 2. The fraction of sp³-hybridized carbons (Fsp3) is 0.588. The lowest BCUT2D eigenvalue weighted by atomic mass is 10.2. The van der Waals surface area contributed by atoms with Crippen LogP contribution in [0.1, 0.15) is 31.2 Å². The van der Waals surface area contributed by atoms with Crippen molar-refractivity contribution in [3.05, 3.63) is 29.8 Å². The highest BCUT2D eigenvalue weighted by Crippen LogP contribution is 2.30. The van der Waals surface area contributed by atoms with Crippen LogP contribution < -0.4 is 10.1 Å². The van der Waals surface area contributed by atoms with Gasteiger partial charge in [-0.15, -0.1) is 0 Å². The molecule has 1 atom stereocenters. The standard InChI is InChI=1S/C17H24N2O3/c20-11-15-5-3-9-19(15)17(21)18-10-14-4-1-2-6-16(14)22-12-13-7-8-13/h1-2,4,6,13,15,20H,3,5,7-12H2,(H,18,21)/t15-/m1/s1. The molecule has 1 aromatic carbocycles. The Hall–Kier alpha value is -1.75. The fourth-order valence-corrected chi connectivity index (χ4v) is 2.85. The minimum absolute atomic E-state index is 0.0362. The number of nitrogens with zero attached hydrogens (tertiary/aromatic N) is 1. The molecular formula is C17H24N2O3. The fourth-order valence-electron chi connectivity index (χ4n) is 2.85. The number of nitrogens with one attached hydrogen (secondary N) is 1. The van der Waals surface area contributed by atoms with Gasteiger partial charge in [-0.1, -0.05) is 18.2 Å². The van der Waals surface area contributed by atoms with Crippen LogP contribution in [0.2, 0.25) is 0 Å². The number of aliphatic hydroxyl groups excluding tert-OH is 1. The molecule has 1 aromatic rings. The molecule has 1 aliphatic carbocycles. The topological polar surface area (TPSA) is 61.8 Å². The largest absolute Gasteiger partial charge is 0.493 e. The number of para-hydroxylation sites is 1. The highest BCUT2D eigenvalue weighted by Gasteiger charge is 2.28. The Morgan fingerprint density at radius 1 is 1.32 bits per heavy atom. The Labute approximate surface area is 131 Å². The van der Waals surface area contributed by atoms with E-state index in [9.17, 15) is 9.90 Å². The van der Waals surface area contributed by atoms with Crippen LogP contribution in [-0.4, -0.2) is 41.8 Å². The summed E-state index contributed by atoms with van der Waals surface area (Å²) in [6.45, 7) is 1.98. The van der Waals surface area contributed by atoms with Gasteiger partial charge < -0.3 is 20.1 Å². The van der Waals surface area contributed by atoms with E-state index in [-0.39, 0.29) is 18.7 Å². The van der Waals surface area contributed by atoms with E-state index in [0.29, 0.717) is 12.5 Å². The van der Waals surface area contributed by atoms with Crippen LogP contribution in [0.15, 0.2) is 24.3 Å². The van der Waals surface area contributed by atoms with Crippen LogP contribution in [0.4, 0.5) is 4.79 Å². The smallest absolute Gasteiger partial charge is 0.317 e. The summed E-state index contributed by atoms with van der Waals surface area (Å²) in [5.41, 5.74) is 0.997. The average Bonchev–Trinajstić information content (AvgIpc) is 3.25. The summed E-state index contributed by atoms with van der Waals surface area (Å²) >= 11 is 0. The lowest BCUT2D eigenvalue weighted by Gasteiger charge is -2.23. The van der Waals surface area contributed by atoms with Gasteiger partial charge in [0.25, 0.3) is 0 Å². The van der Waals surface area contributed by atoms with Gasteiger partial charge >= 0.3 is 6.03 Å². The summed E-state index contributed by atoms with van der Waals surface area (Å²) < 4.78 is 5.86. The van der Waals surface area contributed by atoms with Gasteiger partial charge in [-0.25, -0.2) is 4.79 Å². The highest BCUT2D eigenvalue weighted by atomic mass is 16.5. The van der Waals surface area contributed by atoms with Gasteiger partial charge in [-0.2, -0.15) is 0 Å². The summed E-state index contributed by atoms with van der Waals surface area (Å²) in [6, 6.07) is 7.70. The third-order valence-corrected chi connectivity index (χ3v) is 4.42. The zero-order chi connectivity index (χ0) is 15.4. The maximum Gasteiger partial charge on any atom is 0.317 e. The van der Waals surface area contributed by atoms with Crippen molar-refractivity contribution < 1.29 is 14.6 Å². The molecule has 3 rings (SSSR count). The maximum absolute atomic E-state index is 12.2. The number of likely N-dealkylation sites (tertiary alicyclic amines) is 1. The number of urea groups is 1. The van der Waals surface area contributed by atoms with Crippen LogP contribution >= 0.6 is 0 Å². The second-order valence-corrected chi connectivity index (χ2v) is 6.19. The molecule has 2 N–H and O–H groups in total. The van der Waals surface area contributed by atoms with Crippen molar-refractivity contribution in [1.29, 1.82) is 0 Å². The summed E-state index contributed by atoms with van der Waals surface area (Å²) in [7, 11) is 0. The molecule has 1 saturated carbocycles. The van der Waals surface area contributed by atoms with Gasteiger partial charge in [-0.3, -0.25) is 0 Å². The molecule has 1 aliphatic heterocycles. The molecule has 1 heterocycles. The number of aliphatic hydroxyl groups is 1. The van der Waals surface area contributed by atoms with E-state index < -0.39 is 0 Å². The molecule has 22 heavy (non-hydrogen) atoms. The first-order valence-corrected chi connectivity index (χ1v) is 8.14. The molecule has 5 heteroatoms. The minimum atomic E-state index is -0.103. The molecule has 0 unspecified atom stereocenters. The normalized spacial score (nSPS) is 21.0. The van der Waals surface area contributed by atoms with E-state index in [1.165, 1.54) is 12.8 Å². The maximum atomic E-state index is 12.2. The average molecular weight is 304 g/mol. The van der Waals surface area contributed by atoms with Crippen LogP contribution in [0.25, 0.3) is 0 Å². The molecule has 2 fully saturated rings. The SMILES string of the molecule is O=C(NCc1ccccc1OCC1CC1)N1CCC[C@@H]1CO. The van der Waals surface area contributed by atoms with E-state index in [0.717, 1.165) is 37.3 Å². The Kier molecular flexibility index (Phi) is 4.83. The van der Waals surface area contributed by atoms with Crippen molar-refractivity contribution in [2.24, 2.45) is 5.92 Å². The van der Waals surface area contributed by atoms with Crippen molar-refractivity contribution >= 4 is 6.03 Å². The molecule has 2 aliphatic rings. The lowest BCUT2D eigenvalue weighted by molar-refractivity contribution is 0.157. The lowest BCUT2D eigenvalue weighted by Crippen LogP contribution is -2.43. The molecule has 0 radical (unpaired) electrons. The Morgan fingerprint density at radius 3 is 2.91 bits per heavy atom. The van der Waals surface area contributed by atoms with Crippen molar-refractivity contribution in [2.45, 2.75) is 38.3 Å². The monoisotopic (exact) mass is 304 g/mol. The van der Waals surface area contributed by atoms with Crippen molar-refractivity contribution in [3.8, 4) is 5.75 Å².